The summed E-state index contributed by atoms with van der Waals surface area (Å²) < 4.78 is 0. The number of carboxylic acid groups (broad SMARTS) is 1. The van der Waals surface area contributed by atoms with Crippen LogP contribution < -0.4 is 5.32 Å². The summed E-state index contributed by atoms with van der Waals surface area (Å²) in [5.41, 5.74) is 0.416. The van der Waals surface area contributed by atoms with Crippen LogP contribution in [0.2, 0.25) is 0 Å². The Balaban J connectivity index is 2.20. The molecule has 0 saturated heterocycles. The molecule has 1 unspecified atom stereocenters. The number of hydrogen-bond donors (Lipinski definition) is 3. The second-order valence-corrected chi connectivity index (χ2v) is 4.40. The zero-order valence-electron chi connectivity index (χ0n) is 10.3. The van der Waals surface area contributed by atoms with Crippen LogP contribution in [0.5, 0.6) is 0 Å². The third-order valence-corrected chi connectivity index (χ3v) is 3.17. The van der Waals surface area contributed by atoms with E-state index in [1.807, 2.05) is 6.92 Å². The quantitative estimate of drug-likeness (QED) is 0.737. The topological polar surface area (TPSA) is 104 Å². The van der Waals surface area contributed by atoms with Crippen molar-refractivity contribution < 1.29 is 9.90 Å². The van der Waals surface area contributed by atoms with E-state index < -0.39 is 11.4 Å². The number of carbonyl (C=O) groups is 1. The lowest BCUT2D eigenvalue weighted by molar-refractivity contribution is -0.147. The molecule has 0 amide bonds. The van der Waals surface area contributed by atoms with E-state index in [9.17, 15) is 9.90 Å². The molecule has 18 heavy (non-hydrogen) atoms. The lowest BCUT2D eigenvalue weighted by Crippen LogP contribution is -2.34. The van der Waals surface area contributed by atoms with Crippen LogP contribution in [0.15, 0.2) is 12.7 Å². The van der Waals surface area contributed by atoms with Crippen molar-refractivity contribution in [3.63, 3.8) is 0 Å². The van der Waals surface area contributed by atoms with E-state index in [0.717, 1.165) is 0 Å². The highest BCUT2D eigenvalue weighted by atomic mass is 16.4. The van der Waals surface area contributed by atoms with Crippen molar-refractivity contribution in [3.8, 4) is 0 Å². The number of rotatable bonds is 5. The third kappa shape index (κ3) is 2.11. The van der Waals surface area contributed by atoms with Gasteiger partial charge in [-0.1, -0.05) is 6.92 Å². The van der Waals surface area contributed by atoms with Crippen molar-refractivity contribution in [1.29, 1.82) is 0 Å². The average molecular weight is 249 g/mol. The molecule has 0 saturated carbocycles. The van der Waals surface area contributed by atoms with Gasteiger partial charge >= 0.3 is 5.97 Å². The molecule has 2 heterocycles. The van der Waals surface area contributed by atoms with Crippen molar-refractivity contribution in [1.82, 2.24) is 19.9 Å². The van der Waals surface area contributed by atoms with Gasteiger partial charge in [0.2, 0.25) is 0 Å². The molecular weight excluding hydrogens is 234 g/mol. The maximum Gasteiger partial charge on any atom is 0.311 e. The molecule has 96 valence electrons. The van der Waals surface area contributed by atoms with Crippen LogP contribution in [0.25, 0.3) is 11.2 Å². The molecule has 2 aromatic heterocycles. The molecule has 0 fully saturated rings. The first kappa shape index (κ1) is 12.3. The lowest BCUT2D eigenvalue weighted by atomic mass is 9.88. The lowest BCUT2D eigenvalue weighted by Gasteiger charge is -2.23. The minimum absolute atomic E-state index is 0.296. The molecule has 0 radical (unpaired) electrons. The molecule has 2 aromatic rings. The molecule has 0 bridgehead atoms. The highest BCUT2D eigenvalue weighted by Gasteiger charge is 2.31. The number of H-pyrrole nitrogens is 1. The second kappa shape index (κ2) is 4.59. The molecular formula is C11H15N5O2. The van der Waals surface area contributed by atoms with E-state index in [0.29, 0.717) is 29.9 Å². The normalized spacial score (nSPS) is 14.3. The van der Waals surface area contributed by atoms with Gasteiger partial charge in [0.15, 0.2) is 11.5 Å². The number of nitrogens with zero attached hydrogens (tertiary/aromatic N) is 3. The van der Waals surface area contributed by atoms with Crippen LogP contribution >= 0.6 is 0 Å². The van der Waals surface area contributed by atoms with E-state index in [1.165, 1.54) is 12.7 Å². The van der Waals surface area contributed by atoms with Crippen LogP contribution in [0, 0.1) is 5.41 Å². The third-order valence-electron chi connectivity index (χ3n) is 3.17. The Morgan fingerprint density at radius 2 is 2.28 bits per heavy atom. The molecule has 0 aliphatic heterocycles. The zero-order valence-corrected chi connectivity index (χ0v) is 10.3. The smallest absolute Gasteiger partial charge is 0.311 e. The van der Waals surface area contributed by atoms with E-state index in [-0.39, 0.29) is 0 Å². The minimum Gasteiger partial charge on any atom is -0.481 e. The van der Waals surface area contributed by atoms with Gasteiger partial charge in [-0.3, -0.25) is 4.79 Å². The molecule has 0 spiro atoms. The van der Waals surface area contributed by atoms with Gasteiger partial charge in [-0.15, -0.1) is 0 Å². The van der Waals surface area contributed by atoms with Crippen LogP contribution in [0.4, 0.5) is 5.82 Å². The molecule has 3 N–H and O–H groups in total. The standard InChI is InChI=1S/C11H15N5O2/c1-3-11(2,10(17)18)4-12-8-7-9(14-5-13-7)16-6-15-8/h5-6H,3-4H2,1-2H3,(H,17,18)(H2,12,13,14,15,16). The van der Waals surface area contributed by atoms with Crippen molar-refractivity contribution >= 4 is 23.0 Å². The predicted molar refractivity (Wildman–Crippen MR) is 66.2 cm³/mol. The SMILES string of the molecule is CCC(C)(CNc1ncnc2nc[nH]c12)C(=O)O. The van der Waals surface area contributed by atoms with Crippen molar-refractivity contribution in [2.75, 3.05) is 11.9 Å². The maximum atomic E-state index is 11.2. The van der Waals surface area contributed by atoms with Gasteiger partial charge in [-0.05, 0) is 13.3 Å². The molecule has 2 rings (SSSR count). The van der Waals surface area contributed by atoms with Crippen LogP contribution in [0.1, 0.15) is 20.3 Å². The molecule has 7 heteroatoms. The number of fused-ring (bicyclic) bond motifs is 1. The number of aliphatic carboxylic acids is 1. The highest BCUT2D eigenvalue weighted by Crippen LogP contribution is 2.23. The summed E-state index contributed by atoms with van der Waals surface area (Å²) in [6.07, 6.45) is 3.46. The van der Waals surface area contributed by atoms with Crippen LogP contribution in [-0.4, -0.2) is 37.6 Å². The van der Waals surface area contributed by atoms with Crippen molar-refractivity contribution in [3.05, 3.63) is 12.7 Å². The first-order valence-corrected chi connectivity index (χ1v) is 5.68. The Bertz CT molecular complexity index is 567. The molecule has 1 atom stereocenters. The van der Waals surface area contributed by atoms with Gasteiger partial charge in [0.25, 0.3) is 0 Å². The Morgan fingerprint density at radius 3 is 2.94 bits per heavy atom. The number of hydrogen-bond acceptors (Lipinski definition) is 5. The molecule has 0 aliphatic rings. The zero-order chi connectivity index (χ0) is 13.2. The monoisotopic (exact) mass is 249 g/mol. The van der Waals surface area contributed by atoms with Gasteiger partial charge in [-0.2, -0.15) is 0 Å². The summed E-state index contributed by atoms with van der Waals surface area (Å²) in [4.78, 5) is 26.2. The van der Waals surface area contributed by atoms with Crippen molar-refractivity contribution in [2.24, 2.45) is 5.41 Å². The predicted octanol–water partition coefficient (Wildman–Crippen LogP) is 1.27. The van der Waals surface area contributed by atoms with E-state index in [4.69, 9.17) is 0 Å². The highest BCUT2D eigenvalue weighted by molar-refractivity contribution is 5.82. The average Bonchev–Trinajstić information content (AvgIpc) is 2.84. The van der Waals surface area contributed by atoms with Crippen LogP contribution in [0.3, 0.4) is 0 Å². The number of nitrogens with one attached hydrogen (secondary N) is 2. The summed E-state index contributed by atoms with van der Waals surface area (Å²) in [6.45, 7) is 3.85. The van der Waals surface area contributed by atoms with E-state index >= 15 is 0 Å². The van der Waals surface area contributed by atoms with Gasteiger partial charge in [0.1, 0.15) is 11.8 Å². The Morgan fingerprint density at radius 1 is 1.50 bits per heavy atom. The maximum absolute atomic E-state index is 11.2. The summed E-state index contributed by atoms with van der Waals surface area (Å²) in [6, 6.07) is 0. The summed E-state index contributed by atoms with van der Waals surface area (Å²) in [7, 11) is 0. The summed E-state index contributed by atoms with van der Waals surface area (Å²) >= 11 is 0. The minimum atomic E-state index is -0.826. The fourth-order valence-corrected chi connectivity index (χ4v) is 1.53. The first-order valence-electron chi connectivity index (χ1n) is 5.68. The van der Waals surface area contributed by atoms with E-state index in [1.54, 1.807) is 6.92 Å². The largest absolute Gasteiger partial charge is 0.481 e. The van der Waals surface area contributed by atoms with Crippen molar-refractivity contribution in [2.45, 2.75) is 20.3 Å². The Labute approximate surface area is 104 Å². The van der Waals surface area contributed by atoms with E-state index in [2.05, 4.69) is 25.3 Å². The summed E-state index contributed by atoms with van der Waals surface area (Å²) in [5, 5.41) is 12.2. The number of imidazole rings is 1. The fourth-order valence-electron chi connectivity index (χ4n) is 1.53. The Hall–Kier alpha value is -2.18. The number of aromatic nitrogens is 4. The van der Waals surface area contributed by atoms with Gasteiger partial charge in [0, 0.05) is 6.54 Å². The summed E-state index contributed by atoms with van der Waals surface area (Å²) in [5.74, 6) is -0.258. The van der Waals surface area contributed by atoms with Gasteiger partial charge < -0.3 is 15.4 Å². The number of carboxylic acids is 1. The first-order chi connectivity index (χ1) is 8.57. The van der Waals surface area contributed by atoms with Gasteiger partial charge in [-0.25, -0.2) is 15.0 Å². The van der Waals surface area contributed by atoms with Gasteiger partial charge in [0.05, 0.1) is 11.7 Å². The molecule has 0 aliphatic carbocycles. The molecule has 7 nitrogen and oxygen atoms in total. The number of anilines is 1. The molecule has 0 aromatic carbocycles. The number of aromatic amines is 1. The fraction of sp³-hybridized carbons (Fsp3) is 0.455. The Kier molecular flexibility index (Phi) is 3.14. The van der Waals surface area contributed by atoms with Crippen LogP contribution in [-0.2, 0) is 4.79 Å². The second-order valence-electron chi connectivity index (χ2n) is 4.40.